The first kappa shape index (κ1) is 10.0. The van der Waals surface area contributed by atoms with Crippen molar-refractivity contribution in [2.75, 3.05) is 19.4 Å². The van der Waals surface area contributed by atoms with Crippen molar-refractivity contribution in [1.82, 2.24) is 15.5 Å². The molecule has 0 saturated heterocycles. The van der Waals surface area contributed by atoms with E-state index in [2.05, 4.69) is 20.3 Å². The van der Waals surface area contributed by atoms with Crippen LogP contribution in [0.2, 0.25) is 0 Å². The van der Waals surface area contributed by atoms with E-state index in [1.807, 2.05) is 0 Å². The number of rotatable bonds is 3. The summed E-state index contributed by atoms with van der Waals surface area (Å²) in [7, 11) is 1.24. The zero-order chi connectivity index (χ0) is 10.6. The monoisotopic (exact) mass is 198 g/mol. The number of nitrogens with zero attached hydrogens (tertiary/aromatic N) is 1. The summed E-state index contributed by atoms with van der Waals surface area (Å²) >= 11 is 0. The highest BCUT2D eigenvalue weighted by Crippen LogP contribution is 2.04. The molecule has 0 aliphatic heterocycles. The predicted molar refractivity (Wildman–Crippen MR) is 47.3 cm³/mol. The van der Waals surface area contributed by atoms with Crippen molar-refractivity contribution in [3.05, 3.63) is 11.9 Å². The number of methoxy groups -OCH3 is 1. The predicted octanol–water partition coefficient (Wildman–Crippen LogP) is -1.11. The molecule has 0 spiro atoms. The second kappa shape index (κ2) is 4.26. The zero-order valence-electron chi connectivity index (χ0n) is 7.53. The normalized spacial score (nSPS) is 9.50. The Balaban J connectivity index is 2.52. The molecule has 7 heteroatoms. The average Bonchev–Trinajstić information content (AvgIpc) is 2.60. The number of nitrogens with one attached hydrogen (secondary N) is 2. The van der Waals surface area contributed by atoms with Crippen molar-refractivity contribution in [1.29, 1.82) is 0 Å². The Morgan fingerprint density at radius 1 is 1.71 bits per heavy atom. The maximum atomic E-state index is 11.3. The molecule has 0 unspecified atom stereocenters. The van der Waals surface area contributed by atoms with Crippen LogP contribution in [0.3, 0.4) is 0 Å². The van der Waals surface area contributed by atoms with Crippen molar-refractivity contribution in [2.45, 2.75) is 0 Å². The molecule has 76 valence electrons. The van der Waals surface area contributed by atoms with Crippen LogP contribution >= 0.6 is 0 Å². The molecule has 4 N–H and O–H groups in total. The molecule has 14 heavy (non-hydrogen) atoms. The van der Waals surface area contributed by atoms with Gasteiger partial charge >= 0.3 is 5.97 Å². The van der Waals surface area contributed by atoms with Crippen LogP contribution in [0.1, 0.15) is 10.5 Å². The number of H-pyrrole nitrogens is 1. The van der Waals surface area contributed by atoms with Gasteiger partial charge in [-0.1, -0.05) is 0 Å². The highest BCUT2D eigenvalue weighted by Gasteiger charge is 2.12. The quantitative estimate of drug-likeness (QED) is 0.533. The van der Waals surface area contributed by atoms with Crippen LogP contribution in [0.25, 0.3) is 0 Å². The van der Waals surface area contributed by atoms with Crippen LogP contribution < -0.4 is 11.1 Å². The number of esters is 1. The van der Waals surface area contributed by atoms with Crippen molar-refractivity contribution in [3.63, 3.8) is 0 Å². The largest absolute Gasteiger partial charge is 0.468 e. The van der Waals surface area contributed by atoms with E-state index in [9.17, 15) is 9.59 Å². The van der Waals surface area contributed by atoms with E-state index in [4.69, 9.17) is 5.73 Å². The fourth-order valence-corrected chi connectivity index (χ4v) is 0.790. The Bertz CT molecular complexity index is 346. The second-order valence-corrected chi connectivity index (χ2v) is 2.46. The lowest BCUT2D eigenvalue weighted by Gasteiger charge is -2.01. The topological polar surface area (TPSA) is 110 Å². The summed E-state index contributed by atoms with van der Waals surface area (Å²) < 4.78 is 4.34. The number of hydrogen-bond acceptors (Lipinski definition) is 5. The highest BCUT2D eigenvalue weighted by molar-refractivity contribution is 5.98. The number of carbonyl (C=O) groups is 2. The van der Waals surface area contributed by atoms with E-state index >= 15 is 0 Å². The van der Waals surface area contributed by atoms with Crippen molar-refractivity contribution in [2.24, 2.45) is 0 Å². The minimum atomic E-state index is -0.531. The maximum Gasteiger partial charge on any atom is 0.325 e. The lowest BCUT2D eigenvalue weighted by molar-refractivity contribution is -0.139. The summed E-state index contributed by atoms with van der Waals surface area (Å²) in [6, 6.07) is 0. The molecule has 0 fully saturated rings. The SMILES string of the molecule is COC(=O)CNC(=O)c1[nH]ncc1N. The molecule has 0 bridgehead atoms. The van der Waals surface area contributed by atoms with Gasteiger partial charge in [0, 0.05) is 0 Å². The number of anilines is 1. The molecule has 1 aromatic rings. The van der Waals surface area contributed by atoms with Crippen LogP contribution in [0.5, 0.6) is 0 Å². The lowest BCUT2D eigenvalue weighted by atomic mass is 10.3. The minimum absolute atomic E-state index is 0.133. The maximum absolute atomic E-state index is 11.3. The van der Waals surface area contributed by atoms with E-state index in [1.54, 1.807) is 0 Å². The molecule has 7 nitrogen and oxygen atoms in total. The summed E-state index contributed by atoms with van der Waals surface area (Å²) in [6.07, 6.45) is 1.31. The van der Waals surface area contributed by atoms with E-state index in [-0.39, 0.29) is 17.9 Å². The number of aromatic amines is 1. The first-order chi connectivity index (χ1) is 6.65. The second-order valence-electron chi connectivity index (χ2n) is 2.46. The first-order valence-corrected chi connectivity index (χ1v) is 3.79. The molecular formula is C7H10N4O3. The van der Waals surface area contributed by atoms with Gasteiger partial charge in [0.1, 0.15) is 12.2 Å². The van der Waals surface area contributed by atoms with E-state index < -0.39 is 11.9 Å². The van der Waals surface area contributed by atoms with Gasteiger partial charge in [0.25, 0.3) is 5.91 Å². The zero-order valence-corrected chi connectivity index (χ0v) is 7.53. The van der Waals surface area contributed by atoms with E-state index in [0.717, 1.165) is 0 Å². The first-order valence-electron chi connectivity index (χ1n) is 3.79. The van der Waals surface area contributed by atoms with Crippen LogP contribution in [-0.2, 0) is 9.53 Å². The lowest BCUT2D eigenvalue weighted by Crippen LogP contribution is -2.30. The smallest absolute Gasteiger partial charge is 0.325 e. The summed E-state index contributed by atoms with van der Waals surface area (Å²) in [5.74, 6) is -1.03. The molecule has 1 heterocycles. The number of amides is 1. The molecule has 0 aromatic carbocycles. The minimum Gasteiger partial charge on any atom is -0.468 e. The Morgan fingerprint density at radius 2 is 2.43 bits per heavy atom. The van der Waals surface area contributed by atoms with E-state index in [1.165, 1.54) is 13.3 Å². The van der Waals surface area contributed by atoms with Gasteiger partial charge in [0.2, 0.25) is 0 Å². The van der Waals surface area contributed by atoms with Gasteiger partial charge in [-0.15, -0.1) is 0 Å². The summed E-state index contributed by atoms with van der Waals surface area (Å²) in [5.41, 5.74) is 5.77. The average molecular weight is 198 g/mol. The number of nitrogen functional groups attached to an aromatic ring is 1. The third-order valence-corrected chi connectivity index (χ3v) is 1.52. The fourth-order valence-electron chi connectivity index (χ4n) is 0.790. The number of nitrogens with two attached hydrogens (primary N) is 1. The standard InChI is InChI=1S/C7H10N4O3/c1-14-5(12)3-9-7(13)6-4(8)2-10-11-6/h2H,3,8H2,1H3,(H,9,13)(H,10,11). The molecule has 1 rings (SSSR count). The summed E-state index contributed by atoms with van der Waals surface area (Å²) in [6.45, 7) is -0.201. The number of ether oxygens (including phenoxy) is 1. The molecule has 0 saturated carbocycles. The van der Waals surface area contributed by atoms with Crippen LogP contribution in [0, 0.1) is 0 Å². The third-order valence-electron chi connectivity index (χ3n) is 1.52. The molecule has 1 aromatic heterocycles. The molecule has 0 aliphatic rings. The molecule has 0 aliphatic carbocycles. The third kappa shape index (κ3) is 2.22. The van der Waals surface area contributed by atoms with Crippen LogP contribution in [-0.4, -0.2) is 35.7 Å². The number of hydrogen-bond donors (Lipinski definition) is 3. The molecule has 1 amide bonds. The van der Waals surface area contributed by atoms with Gasteiger partial charge in [0.15, 0.2) is 0 Å². The molecule has 0 radical (unpaired) electrons. The van der Waals surface area contributed by atoms with Crippen LogP contribution in [0.15, 0.2) is 6.20 Å². The van der Waals surface area contributed by atoms with Gasteiger partial charge < -0.3 is 15.8 Å². The van der Waals surface area contributed by atoms with Gasteiger partial charge in [-0.25, -0.2) is 0 Å². The van der Waals surface area contributed by atoms with Gasteiger partial charge in [-0.2, -0.15) is 5.10 Å². The van der Waals surface area contributed by atoms with Crippen molar-refractivity contribution in [3.8, 4) is 0 Å². The summed E-state index contributed by atoms with van der Waals surface area (Å²) in [4.78, 5) is 22.0. The summed E-state index contributed by atoms with van der Waals surface area (Å²) in [5, 5.41) is 8.28. The Hall–Kier alpha value is -2.05. The van der Waals surface area contributed by atoms with Gasteiger partial charge in [-0.05, 0) is 0 Å². The van der Waals surface area contributed by atoms with Gasteiger partial charge in [0.05, 0.1) is 19.0 Å². The number of carbonyl (C=O) groups excluding carboxylic acids is 2. The highest BCUT2D eigenvalue weighted by atomic mass is 16.5. The van der Waals surface area contributed by atoms with Gasteiger partial charge in [-0.3, -0.25) is 14.7 Å². The Labute approximate surface area is 79.6 Å². The molecular weight excluding hydrogens is 188 g/mol. The Morgan fingerprint density at radius 3 is 2.93 bits per heavy atom. The Kier molecular flexibility index (Phi) is 3.05. The number of aromatic nitrogens is 2. The van der Waals surface area contributed by atoms with Crippen molar-refractivity contribution < 1.29 is 14.3 Å². The van der Waals surface area contributed by atoms with Crippen molar-refractivity contribution >= 4 is 17.6 Å². The fraction of sp³-hybridized carbons (Fsp3) is 0.286. The van der Waals surface area contributed by atoms with Crippen LogP contribution in [0.4, 0.5) is 5.69 Å². The van der Waals surface area contributed by atoms with E-state index in [0.29, 0.717) is 0 Å². The molecule has 0 atom stereocenters.